The third kappa shape index (κ3) is 2.98. The summed E-state index contributed by atoms with van der Waals surface area (Å²) < 4.78 is 15.5. The van der Waals surface area contributed by atoms with Crippen LogP contribution in [0.5, 0.6) is 0 Å². The number of benzene rings is 1. The van der Waals surface area contributed by atoms with E-state index in [1.165, 1.54) is 25.0 Å². The highest BCUT2D eigenvalue weighted by molar-refractivity contribution is 5.63. The first-order chi connectivity index (χ1) is 13.6. The minimum absolute atomic E-state index is 0.155. The molecule has 2 fully saturated rings. The van der Waals surface area contributed by atoms with Crippen molar-refractivity contribution in [2.45, 2.75) is 25.8 Å². The molecule has 4 heterocycles. The number of nitrogens with zero attached hydrogens (tertiary/aromatic N) is 3. The fourth-order valence-electron chi connectivity index (χ4n) is 4.44. The molecule has 0 spiro atoms. The molecule has 6 heteroatoms. The van der Waals surface area contributed by atoms with E-state index in [1.807, 2.05) is 18.3 Å². The van der Waals surface area contributed by atoms with Gasteiger partial charge in [-0.25, -0.2) is 9.37 Å². The van der Waals surface area contributed by atoms with Crippen LogP contribution < -0.4 is 15.8 Å². The van der Waals surface area contributed by atoms with Crippen LogP contribution in [0.2, 0.25) is 0 Å². The van der Waals surface area contributed by atoms with Crippen molar-refractivity contribution in [3.05, 3.63) is 64.3 Å². The summed E-state index contributed by atoms with van der Waals surface area (Å²) in [5.41, 5.74) is 3.14. The number of hydrogen-bond donors (Lipinski definition) is 1. The zero-order valence-corrected chi connectivity index (χ0v) is 15.9. The molecule has 0 amide bonds. The molecule has 0 radical (unpaired) electrons. The first-order valence-electron chi connectivity index (χ1n) is 9.87. The first-order valence-corrected chi connectivity index (χ1v) is 9.87. The topological polar surface area (TPSA) is 49.6 Å². The summed E-state index contributed by atoms with van der Waals surface area (Å²) in [6.07, 6.45) is 4.37. The smallest absolute Gasteiger partial charge is 0.258 e. The van der Waals surface area contributed by atoms with Gasteiger partial charge in [-0.1, -0.05) is 12.1 Å². The molecule has 28 heavy (non-hydrogen) atoms. The Kier molecular flexibility index (Phi) is 4.16. The molecule has 144 valence electrons. The van der Waals surface area contributed by atoms with E-state index >= 15 is 0 Å². The van der Waals surface area contributed by atoms with E-state index in [4.69, 9.17) is 0 Å². The highest BCUT2D eigenvalue weighted by atomic mass is 19.1. The normalized spacial score (nSPS) is 21.9. The molecule has 5 rings (SSSR count). The molecule has 1 N–H and O–H groups in total. The van der Waals surface area contributed by atoms with E-state index in [0.29, 0.717) is 34.4 Å². The zero-order chi connectivity index (χ0) is 19.3. The molecule has 0 bridgehead atoms. The number of hydrogen-bond acceptors (Lipinski definition) is 4. The summed E-state index contributed by atoms with van der Waals surface area (Å²) in [6.45, 7) is 4.80. The second-order valence-corrected chi connectivity index (χ2v) is 7.93. The van der Waals surface area contributed by atoms with Crippen molar-refractivity contribution >= 4 is 11.3 Å². The van der Waals surface area contributed by atoms with Crippen LogP contribution in [0, 0.1) is 18.7 Å². The van der Waals surface area contributed by atoms with Crippen LogP contribution in [-0.2, 0) is 0 Å². The van der Waals surface area contributed by atoms with Gasteiger partial charge < -0.3 is 10.2 Å². The molecule has 2 aliphatic heterocycles. The molecule has 1 aromatic carbocycles. The Morgan fingerprint density at radius 2 is 2.07 bits per heavy atom. The maximum atomic E-state index is 13.9. The van der Waals surface area contributed by atoms with Crippen LogP contribution in [0.1, 0.15) is 18.4 Å². The molecule has 2 saturated heterocycles. The average Bonchev–Trinajstić information content (AvgIpc) is 3.14. The maximum Gasteiger partial charge on any atom is 0.258 e. The van der Waals surface area contributed by atoms with Gasteiger partial charge in [-0.2, -0.15) is 0 Å². The van der Waals surface area contributed by atoms with Gasteiger partial charge in [-0.05, 0) is 56.0 Å². The standard InChI is InChI=1S/C22H23FN4O/c1-14-4-5-15(9-18(14)23)19-10-22(28)27-12-17(6-7-21(27)25-19)26-11-16-3-2-8-24-20(16)13-26/h4-7,9-10,12,16,20,24H,2-3,8,11,13H2,1H3/t16-,20?/m1/s1. The van der Waals surface area contributed by atoms with Gasteiger partial charge in [-0.15, -0.1) is 0 Å². The van der Waals surface area contributed by atoms with E-state index in [2.05, 4.69) is 15.2 Å². The molecule has 0 saturated carbocycles. The minimum atomic E-state index is -0.293. The Morgan fingerprint density at radius 3 is 2.89 bits per heavy atom. The van der Waals surface area contributed by atoms with Crippen LogP contribution >= 0.6 is 0 Å². The Hall–Kier alpha value is -2.73. The second-order valence-electron chi connectivity index (χ2n) is 7.93. The zero-order valence-electron chi connectivity index (χ0n) is 15.9. The van der Waals surface area contributed by atoms with Gasteiger partial charge in [0.2, 0.25) is 0 Å². The van der Waals surface area contributed by atoms with E-state index in [0.717, 1.165) is 25.3 Å². The predicted molar refractivity (Wildman–Crippen MR) is 108 cm³/mol. The summed E-state index contributed by atoms with van der Waals surface area (Å²) in [7, 11) is 0. The molecule has 3 aromatic rings. The van der Waals surface area contributed by atoms with Gasteiger partial charge in [0.25, 0.3) is 5.56 Å². The minimum Gasteiger partial charge on any atom is -0.368 e. The largest absolute Gasteiger partial charge is 0.368 e. The van der Waals surface area contributed by atoms with Crippen molar-refractivity contribution in [1.29, 1.82) is 0 Å². The van der Waals surface area contributed by atoms with Crippen molar-refractivity contribution in [2.24, 2.45) is 5.92 Å². The van der Waals surface area contributed by atoms with Crippen molar-refractivity contribution in [2.75, 3.05) is 24.5 Å². The van der Waals surface area contributed by atoms with E-state index in [-0.39, 0.29) is 11.4 Å². The fourth-order valence-corrected chi connectivity index (χ4v) is 4.44. The summed E-state index contributed by atoms with van der Waals surface area (Å²) in [6, 6.07) is 10.9. The number of fused-ring (bicyclic) bond motifs is 2. The van der Waals surface area contributed by atoms with Crippen molar-refractivity contribution in [1.82, 2.24) is 14.7 Å². The third-order valence-corrected chi connectivity index (χ3v) is 6.08. The lowest BCUT2D eigenvalue weighted by atomic mass is 9.94. The second kappa shape index (κ2) is 6.71. The highest BCUT2D eigenvalue weighted by Gasteiger charge is 2.34. The highest BCUT2D eigenvalue weighted by Crippen LogP contribution is 2.29. The van der Waals surface area contributed by atoms with Crippen LogP contribution in [0.3, 0.4) is 0 Å². The molecule has 1 unspecified atom stereocenters. The van der Waals surface area contributed by atoms with Gasteiger partial charge in [0, 0.05) is 37.0 Å². The number of anilines is 1. The number of aromatic nitrogens is 2. The van der Waals surface area contributed by atoms with Crippen LogP contribution in [-0.4, -0.2) is 35.1 Å². The Morgan fingerprint density at radius 1 is 1.18 bits per heavy atom. The van der Waals surface area contributed by atoms with Crippen LogP contribution in [0.4, 0.5) is 10.1 Å². The molecule has 2 atom stereocenters. The van der Waals surface area contributed by atoms with Gasteiger partial charge in [0.1, 0.15) is 11.5 Å². The summed E-state index contributed by atoms with van der Waals surface area (Å²) in [4.78, 5) is 19.7. The van der Waals surface area contributed by atoms with Crippen molar-refractivity contribution in [3.63, 3.8) is 0 Å². The number of nitrogens with one attached hydrogen (secondary N) is 1. The average molecular weight is 378 g/mol. The Balaban J connectivity index is 1.50. The molecular weight excluding hydrogens is 355 g/mol. The quantitative estimate of drug-likeness (QED) is 0.745. The SMILES string of the molecule is Cc1ccc(-c2cc(=O)n3cc(N4CC5NCCC[C@@H]5C4)ccc3n2)cc1F. The van der Waals surface area contributed by atoms with E-state index in [9.17, 15) is 9.18 Å². The Labute approximate surface area is 162 Å². The number of halogens is 1. The number of piperidine rings is 1. The number of pyridine rings is 1. The summed E-state index contributed by atoms with van der Waals surface area (Å²) in [5.74, 6) is 0.386. The van der Waals surface area contributed by atoms with Gasteiger partial charge >= 0.3 is 0 Å². The molecule has 2 aliphatic rings. The summed E-state index contributed by atoms with van der Waals surface area (Å²) >= 11 is 0. The van der Waals surface area contributed by atoms with Crippen LogP contribution in [0.25, 0.3) is 16.9 Å². The predicted octanol–water partition coefficient (Wildman–Crippen LogP) is 3.00. The molecular formula is C22H23FN4O. The van der Waals surface area contributed by atoms with Gasteiger partial charge in [-0.3, -0.25) is 9.20 Å². The molecule has 0 aliphatic carbocycles. The van der Waals surface area contributed by atoms with Crippen molar-refractivity contribution < 1.29 is 4.39 Å². The number of rotatable bonds is 2. The molecule has 5 nitrogen and oxygen atoms in total. The first kappa shape index (κ1) is 17.4. The fraction of sp³-hybridized carbons (Fsp3) is 0.364. The molecule has 2 aromatic heterocycles. The van der Waals surface area contributed by atoms with E-state index < -0.39 is 0 Å². The van der Waals surface area contributed by atoms with Gasteiger partial charge in [0.15, 0.2) is 0 Å². The lowest BCUT2D eigenvalue weighted by Gasteiger charge is -2.24. The van der Waals surface area contributed by atoms with Crippen molar-refractivity contribution in [3.8, 4) is 11.3 Å². The summed E-state index contributed by atoms with van der Waals surface area (Å²) in [5, 5.41) is 3.61. The Bertz CT molecular complexity index is 1100. The maximum absolute atomic E-state index is 13.9. The van der Waals surface area contributed by atoms with Gasteiger partial charge in [0.05, 0.1) is 11.4 Å². The number of aryl methyl sites for hydroxylation is 1. The third-order valence-electron chi connectivity index (χ3n) is 6.08. The lowest BCUT2D eigenvalue weighted by Crippen LogP contribution is -2.40. The lowest BCUT2D eigenvalue weighted by molar-refractivity contribution is 0.340. The van der Waals surface area contributed by atoms with E-state index in [1.54, 1.807) is 23.5 Å². The van der Waals surface area contributed by atoms with Crippen LogP contribution in [0.15, 0.2) is 47.4 Å². The monoisotopic (exact) mass is 378 g/mol.